The zero-order chi connectivity index (χ0) is 41.5. The minimum Gasteiger partial charge on any atom is -0.398 e. The Morgan fingerprint density at radius 2 is 1.58 bits per heavy atom. The number of carbonyl (C=O) groups excluding carboxylic acids is 2. The number of anilines is 1. The number of nitrogens with zero attached hydrogens (tertiary/aromatic N) is 5. The maximum absolute atomic E-state index is 14.1. The van der Waals surface area contributed by atoms with Gasteiger partial charge in [0.15, 0.2) is 5.69 Å². The van der Waals surface area contributed by atoms with Crippen LogP contribution in [-0.4, -0.2) is 92.0 Å². The number of H-pyrrole nitrogens is 2. The molecule has 57 heavy (non-hydrogen) atoms. The van der Waals surface area contributed by atoms with E-state index >= 15 is 0 Å². The number of nitrogens with one attached hydrogen (secondary N) is 2. The van der Waals surface area contributed by atoms with Crippen molar-refractivity contribution in [2.45, 2.75) is 83.0 Å². The molecule has 0 spiro atoms. The van der Waals surface area contributed by atoms with E-state index in [-0.39, 0.29) is 36.6 Å². The molecule has 1 saturated heterocycles. The van der Waals surface area contributed by atoms with E-state index in [2.05, 4.69) is 15.3 Å². The van der Waals surface area contributed by atoms with E-state index in [0.717, 1.165) is 23.4 Å². The van der Waals surface area contributed by atoms with E-state index < -0.39 is 54.8 Å². The summed E-state index contributed by atoms with van der Waals surface area (Å²) in [7, 11) is 0. The number of halogens is 9. The second kappa shape index (κ2) is 18.7. The lowest BCUT2D eigenvalue weighted by atomic mass is 10.1. The summed E-state index contributed by atoms with van der Waals surface area (Å²) in [5.41, 5.74) is 7.16. The molecule has 10 nitrogen and oxygen atoms in total. The Morgan fingerprint density at radius 3 is 2.21 bits per heavy atom. The zero-order valence-electron chi connectivity index (χ0n) is 31.0. The van der Waals surface area contributed by atoms with Gasteiger partial charge in [-0.2, -0.15) is 36.5 Å². The summed E-state index contributed by atoms with van der Waals surface area (Å²) < 4.78 is 104. The number of aromatic nitrogens is 4. The fourth-order valence-electron chi connectivity index (χ4n) is 6.24. The molecule has 2 amide bonds. The number of alkyl halides is 7. The van der Waals surface area contributed by atoms with Crippen molar-refractivity contribution in [1.29, 1.82) is 0 Å². The Bertz CT molecular complexity index is 1960. The maximum atomic E-state index is 14.1. The predicted octanol–water partition coefficient (Wildman–Crippen LogP) is 8.46. The van der Waals surface area contributed by atoms with Crippen molar-refractivity contribution in [1.82, 2.24) is 35.1 Å². The Balaban J connectivity index is 0.000000221. The predicted molar refractivity (Wildman–Crippen MR) is 196 cm³/mol. The molecule has 310 valence electrons. The molecule has 1 unspecified atom stereocenters. The number of nitrogen functional groups attached to an aromatic ring is 1. The summed E-state index contributed by atoms with van der Waals surface area (Å²) in [5, 5.41) is 12.5. The fourth-order valence-corrected chi connectivity index (χ4v) is 6.48. The number of aryl methyl sites for hydroxylation is 1. The Kier molecular flexibility index (Phi) is 14.2. The zero-order valence-corrected chi connectivity index (χ0v) is 31.8. The first-order chi connectivity index (χ1) is 26.9. The van der Waals surface area contributed by atoms with Crippen LogP contribution < -0.4 is 5.73 Å². The minimum atomic E-state index is -4.64. The van der Waals surface area contributed by atoms with Gasteiger partial charge in [-0.15, -0.1) is 0 Å². The summed E-state index contributed by atoms with van der Waals surface area (Å²) in [6.07, 6.45) is -7.41. The van der Waals surface area contributed by atoms with E-state index in [9.17, 15) is 44.7 Å². The molecule has 1 saturated carbocycles. The molecule has 19 heteroatoms. The molecule has 2 aromatic heterocycles. The third kappa shape index (κ3) is 12.6. The first-order valence-corrected chi connectivity index (χ1v) is 18.7. The quantitative estimate of drug-likeness (QED) is 0.0972. The van der Waals surface area contributed by atoms with Crippen LogP contribution in [0.2, 0.25) is 5.02 Å². The number of benzene rings is 2. The van der Waals surface area contributed by atoms with E-state index in [0.29, 0.717) is 72.7 Å². The molecular formula is C38H43ClF8N8O2. The topological polar surface area (TPSA) is 127 Å². The summed E-state index contributed by atoms with van der Waals surface area (Å²) in [6.45, 7) is 2.82. The number of aromatic amines is 2. The number of nitrogens with two attached hydrogens (primary N) is 1. The van der Waals surface area contributed by atoms with E-state index in [1.54, 1.807) is 37.3 Å². The van der Waals surface area contributed by atoms with Gasteiger partial charge in [-0.1, -0.05) is 29.8 Å². The lowest BCUT2D eigenvalue weighted by Crippen LogP contribution is -2.39. The van der Waals surface area contributed by atoms with Crippen LogP contribution in [0.25, 0.3) is 0 Å². The number of hydrogen-bond acceptors (Lipinski definition) is 6. The number of likely N-dealkylation sites (tertiary alicyclic amines) is 1. The van der Waals surface area contributed by atoms with Crippen LogP contribution in [0.4, 0.5) is 40.8 Å². The van der Waals surface area contributed by atoms with Crippen molar-refractivity contribution in [3.63, 3.8) is 0 Å². The van der Waals surface area contributed by atoms with Crippen molar-refractivity contribution in [3.8, 4) is 0 Å². The largest absolute Gasteiger partial charge is 0.432 e. The highest BCUT2D eigenvalue weighted by Crippen LogP contribution is 2.39. The molecule has 3 heterocycles. The molecule has 0 bridgehead atoms. The molecule has 4 aromatic rings. The number of hydrogen-bond donors (Lipinski definition) is 3. The van der Waals surface area contributed by atoms with Gasteiger partial charge in [-0.25, -0.2) is 8.78 Å². The molecule has 0 radical (unpaired) electrons. The molecule has 2 aliphatic rings. The van der Waals surface area contributed by atoms with Crippen molar-refractivity contribution >= 4 is 29.1 Å². The lowest BCUT2D eigenvalue weighted by molar-refractivity contribution is -0.141. The third-order valence-corrected chi connectivity index (χ3v) is 10.0. The molecule has 2 aromatic carbocycles. The van der Waals surface area contributed by atoms with Crippen molar-refractivity contribution in [3.05, 3.63) is 98.8 Å². The van der Waals surface area contributed by atoms with Gasteiger partial charge in [0.1, 0.15) is 23.4 Å². The van der Waals surface area contributed by atoms with Crippen LogP contribution in [0.5, 0.6) is 0 Å². The summed E-state index contributed by atoms with van der Waals surface area (Å²) in [5.74, 6) is -1.53. The second-order valence-electron chi connectivity index (χ2n) is 14.2. The average Bonchev–Trinajstić information content (AvgIpc) is 3.71. The van der Waals surface area contributed by atoms with Crippen molar-refractivity contribution in [2.75, 3.05) is 38.5 Å². The minimum absolute atomic E-state index is 0.0120. The van der Waals surface area contributed by atoms with Crippen LogP contribution in [0.15, 0.2) is 48.5 Å². The molecule has 4 N–H and O–H groups in total. The van der Waals surface area contributed by atoms with Gasteiger partial charge in [0.25, 0.3) is 11.8 Å². The highest BCUT2D eigenvalue weighted by atomic mass is 35.5. The van der Waals surface area contributed by atoms with Crippen LogP contribution >= 0.6 is 11.6 Å². The second-order valence-corrected chi connectivity index (χ2v) is 14.6. The third-order valence-electron chi connectivity index (χ3n) is 9.69. The molecular weight excluding hydrogens is 788 g/mol. The average molecular weight is 831 g/mol. The van der Waals surface area contributed by atoms with Crippen molar-refractivity contribution < 1.29 is 44.7 Å². The van der Waals surface area contributed by atoms with Crippen LogP contribution in [0, 0.1) is 12.7 Å². The SMILES string of the molecule is Cc1ccc(CN(CCC(F)(F)F)C(=O)c2cc(C3CC3)[nH]n2)c(F)c1.Nc1cccc(Cl)c1CN(CCN1CCCC(F)CC1)C(=O)c1cc(C(F)(F)F)[nH]n1. The summed E-state index contributed by atoms with van der Waals surface area (Å²) >= 11 is 6.23. The Labute approximate surface area is 328 Å². The van der Waals surface area contributed by atoms with Crippen LogP contribution in [0.1, 0.15) is 93.5 Å². The molecule has 2 fully saturated rings. The monoisotopic (exact) mass is 830 g/mol. The van der Waals surface area contributed by atoms with Crippen molar-refractivity contribution in [2.24, 2.45) is 0 Å². The lowest BCUT2D eigenvalue weighted by Gasteiger charge is -2.27. The van der Waals surface area contributed by atoms with Gasteiger partial charge >= 0.3 is 12.4 Å². The smallest absolute Gasteiger partial charge is 0.398 e. The van der Waals surface area contributed by atoms with Gasteiger partial charge < -0.3 is 20.4 Å². The Morgan fingerprint density at radius 1 is 0.895 bits per heavy atom. The summed E-state index contributed by atoms with van der Waals surface area (Å²) in [6, 6.07) is 11.6. The van der Waals surface area contributed by atoms with E-state index in [1.807, 2.05) is 10.00 Å². The van der Waals surface area contributed by atoms with Gasteiger partial charge in [-0.05, 0) is 75.4 Å². The standard InChI is InChI=1S/C20H24ClF4N5O.C18H19F4N3O/c21-15-4-1-5-16(26)14(15)12-30(10-9-29-7-2-3-13(22)6-8-29)19(31)17-11-18(28-27-17)20(23,24)25;1-11-2-3-13(14(19)8-11)10-25(7-6-18(20,21)22)17(26)16-9-15(23-24-16)12-4-5-12/h1,4-5,11,13H,2-3,6-10,12,26H2,(H,27,28);2-3,8-9,12H,4-7,10H2,1H3,(H,23,24). The molecule has 1 aliphatic heterocycles. The van der Waals surface area contributed by atoms with Gasteiger partial charge in [0, 0.05) is 78.8 Å². The van der Waals surface area contributed by atoms with E-state index in [1.165, 1.54) is 17.0 Å². The normalized spacial score (nSPS) is 16.4. The number of carbonyl (C=O) groups is 2. The first kappa shape index (κ1) is 43.4. The highest BCUT2D eigenvalue weighted by molar-refractivity contribution is 6.31. The molecule has 6 rings (SSSR count). The van der Waals surface area contributed by atoms with Crippen LogP contribution in [0.3, 0.4) is 0 Å². The van der Waals surface area contributed by atoms with Gasteiger partial charge in [0.2, 0.25) is 0 Å². The van der Waals surface area contributed by atoms with Crippen LogP contribution in [-0.2, 0) is 19.3 Å². The Hall–Kier alpha value is -4.71. The van der Waals surface area contributed by atoms with Gasteiger partial charge in [-0.3, -0.25) is 19.8 Å². The van der Waals surface area contributed by atoms with Gasteiger partial charge in [0.05, 0.1) is 6.42 Å². The molecule has 1 atom stereocenters. The summed E-state index contributed by atoms with van der Waals surface area (Å²) in [4.78, 5) is 30.1. The number of amides is 2. The highest BCUT2D eigenvalue weighted by Gasteiger charge is 2.35. The molecule has 1 aliphatic carbocycles. The van der Waals surface area contributed by atoms with E-state index in [4.69, 9.17) is 17.3 Å². The maximum Gasteiger partial charge on any atom is 0.432 e. The fraction of sp³-hybridized carbons (Fsp3) is 0.474. The number of rotatable bonds is 12. The first-order valence-electron chi connectivity index (χ1n) is 18.4.